The van der Waals surface area contributed by atoms with Crippen molar-refractivity contribution >= 4 is 34.7 Å². The fraction of sp³-hybridized carbons (Fsp3) is 0.207. The summed E-state index contributed by atoms with van der Waals surface area (Å²) in [6, 6.07) is 22.5. The predicted molar refractivity (Wildman–Crippen MR) is 148 cm³/mol. The van der Waals surface area contributed by atoms with Crippen molar-refractivity contribution in [1.82, 2.24) is 9.97 Å². The number of benzene rings is 3. The zero-order chi connectivity index (χ0) is 26.2. The second-order valence-electron chi connectivity index (χ2n) is 8.34. The largest absolute Gasteiger partial charge is 0.494 e. The number of amides is 1. The Hall–Kier alpha value is -4.59. The molecule has 1 aromatic heterocycles. The van der Waals surface area contributed by atoms with Crippen LogP contribution < -0.4 is 25.4 Å². The van der Waals surface area contributed by atoms with Gasteiger partial charge in [-0.15, -0.1) is 0 Å². The molecule has 0 saturated heterocycles. The van der Waals surface area contributed by atoms with Crippen LogP contribution in [0.15, 0.2) is 72.8 Å². The third kappa shape index (κ3) is 6.76. The summed E-state index contributed by atoms with van der Waals surface area (Å²) < 4.78 is 11.1. The van der Waals surface area contributed by atoms with E-state index in [1.807, 2.05) is 88.4 Å². The van der Waals surface area contributed by atoms with E-state index in [1.165, 1.54) is 0 Å². The number of carbonyl (C=O) groups is 1. The highest BCUT2D eigenvalue weighted by atomic mass is 16.5. The lowest BCUT2D eigenvalue weighted by atomic mass is 10.1. The first-order chi connectivity index (χ1) is 17.9. The molecule has 8 heteroatoms. The Labute approximate surface area is 217 Å². The highest BCUT2D eigenvalue weighted by Crippen LogP contribution is 2.30. The van der Waals surface area contributed by atoms with Crippen molar-refractivity contribution < 1.29 is 14.3 Å². The quantitative estimate of drug-likeness (QED) is 0.226. The number of nitrogens with zero attached hydrogens (tertiary/aromatic N) is 2. The number of nitrogens with one attached hydrogen (secondary N) is 3. The topological polar surface area (TPSA) is 97.4 Å². The average Bonchev–Trinajstić information content (AvgIpc) is 2.89. The predicted octanol–water partition coefficient (Wildman–Crippen LogP) is 6.63. The van der Waals surface area contributed by atoms with Crippen molar-refractivity contribution in [1.29, 1.82) is 0 Å². The van der Waals surface area contributed by atoms with Gasteiger partial charge in [0.15, 0.2) is 5.82 Å². The van der Waals surface area contributed by atoms with Crippen molar-refractivity contribution in [2.24, 2.45) is 0 Å². The van der Waals surface area contributed by atoms with E-state index in [1.54, 1.807) is 12.1 Å². The molecule has 0 bridgehead atoms. The van der Waals surface area contributed by atoms with Crippen LogP contribution in [0.25, 0.3) is 0 Å². The molecule has 1 amide bonds. The number of aromatic nitrogens is 2. The van der Waals surface area contributed by atoms with Crippen LogP contribution in [0.1, 0.15) is 35.5 Å². The minimum absolute atomic E-state index is 0.242. The van der Waals surface area contributed by atoms with Gasteiger partial charge in [0.2, 0.25) is 5.95 Å². The molecule has 0 saturated carbocycles. The van der Waals surface area contributed by atoms with Crippen molar-refractivity contribution in [3.05, 3.63) is 89.6 Å². The van der Waals surface area contributed by atoms with Crippen LogP contribution in [0.3, 0.4) is 0 Å². The maximum Gasteiger partial charge on any atom is 0.255 e. The summed E-state index contributed by atoms with van der Waals surface area (Å²) in [7, 11) is 0. The van der Waals surface area contributed by atoms with Gasteiger partial charge in [-0.3, -0.25) is 4.79 Å². The van der Waals surface area contributed by atoms with Gasteiger partial charge in [-0.25, -0.2) is 4.98 Å². The molecule has 37 heavy (non-hydrogen) atoms. The van der Waals surface area contributed by atoms with Crippen LogP contribution in [0.4, 0.5) is 28.8 Å². The zero-order valence-electron chi connectivity index (χ0n) is 21.5. The Morgan fingerprint density at radius 1 is 0.730 bits per heavy atom. The molecule has 1 heterocycles. The molecule has 190 valence electrons. The molecule has 0 spiro atoms. The molecule has 8 nitrogen and oxygen atoms in total. The van der Waals surface area contributed by atoms with E-state index in [0.29, 0.717) is 41.9 Å². The number of anilines is 5. The number of aryl methyl sites for hydroxylation is 2. The maximum atomic E-state index is 13.0. The smallest absolute Gasteiger partial charge is 0.255 e. The first kappa shape index (κ1) is 25.5. The van der Waals surface area contributed by atoms with E-state index >= 15 is 0 Å². The summed E-state index contributed by atoms with van der Waals surface area (Å²) in [6.45, 7) is 8.89. The van der Waals surface area contributed by atoms with Gasteiger partial charge in [-0.1, -0.05) is 17.7 Å². The molecule has 0 fully saturated rings. The van der Waals surface area contributed by atoms with Gasteiger partial charge < -0.3 is 25.4 Å². The van der Waals surface area contributed by atoms with Gasteiger partial charge in [0.25, 0.3) is 5.91 Å². The third-order valence-corrected chi connectivity index (χ3v) is 5.49. The standard InChI is InChI=1S/C29H31N5O3/c1-5-36-24-15-11-22(12-16-24)31-27-26(33-28(35)21-9-7-19(3)8-10-21)20(4)30-29(34-27)32-23-13-17-25(18-14-23)37-6-2/h7-18H,5-6H2,1-4H3,(H,33,35)(H2,30,31,32,34). The highest BCUT2D eigenvalue weighted by Gasteiger charge is 2.16. The lowest BCUT2D eigenvalue weighted by Gasteiger charge is -2.17. The van der Waals surface area contributed by atoms with Crippen molar-refractivity contribution in [3.63, 3.8) is 0 Å². The molecule has 0 aliphatic carbocycles. The summed E-state index contributed by atoms with van der Waals surface area (Å²) in [5.74, 6) is 2.18. The van der Waals surface area contributed by atoms with Gasteiger partial charge in [0.1, 0.15) is 17.2 Å². The fourth-order valence-electron chi connectivity index (χ4n) is 3.63. The van der Waals surface area contributed by atoms with E-state index in [0.717, 1.165) is 28.4 Å². The fourth-order valence-corrected chi connectivity index (χ4v) is 3.63. The van der Waals surface area contributed by atoms with Crippen LogP contribution in [0.5, 0.6) is 11.5 Å². The van der Waals surface area contributed by atoms with Crippen molar-refractivity contribution in [2.75, 3.05) is 29.2 Å². The van der Waals surface area contributed by atoms with Gasteiger partial charge in [-0.2, -0.15) is 4.98 Å². The van der Waals surface area contributed by atoms with Crippen LogP contribution in [-0.2, 0) is 0 Å². The van der Waals surface area contributed by atoms with E-state index in [9.17, 15) is 4.79 Å². The first-order valence-corrected chi connectivity index (χ1v) is 12.2. The SMILES string of the molecule is CCOc1ccc(Nc2nc(C)c(NC(=O)c3ccc(C)cc3)c(Nc3ccc(OCC)cc3)n2)cc1. The number of rotatable bonds is 10. The lowest BCUT2D eigenvalue weighted by Crippen LogP contribution is -2.16. The number of hydrogen-bond acceptors (Lipinski definition) is 7. The van der Waals surface area contributed by atoms with Gasteiger partial charge in [-0.05, 0) is 88.4 Å². The lowest BCUT2D eigenvalue weighted by molar-refractivity contribution is 0.102. The highest BCUT2D eigenvalue weighted by molar-refractivity contribution is 6.06. The van der Waals surface area contributed by atoms with Crippen molar-refractivity contribution in [3.8, 4) is 11.5 Å². The average molecular weight is 498 g/mol. The van der Waals surface area contributed by atoms with Crippen LogP contribution in [0, 0.1) is 13.8 Å². The molecule has 3 N–H and O–H groups in total. The minimum atomic E-state index is -0.242. The van der Waals surface area contributed by atoms with E-state index < -0.39 is 0 Å². The molecule has 0 atom stereocenters. The van der Waals surface area contributed by atoms with E-state index in [-0.39, 0.29) is 5.91 Å². The Balaban J connectivity index is 1.64. The van der Waals surface area contributed by atoms with Crippen LogP contribution in [-0.4, -0.2) is 29.1 Å². The summed E-state index contributed by atoms with van der Waals surface area (Å²) in [6.07, 6.45) is 0. The molecule has 0 aliphatic rings. The summed E-state index contributed by atoms with van der Waals surface area (Å²) >= 11 is 0. The summed E-state index contributed by atoms with van der Waals surface area (Å²) in [4.78, 5) is 22.3. The van der Waals surface area contributed by atoms with Crippen LogP contribution in [0.2, 0.25) is 0 Å². The molecule has 0 radical (unpaired) electrons. The van der Waals surface area contributed by atoms with E-state index in [4.69, 9.17) is 14.5 Å². The second kappa shape index (κ2) is 11.9. The Morgan fingerprint density at radius 2 is 1.27 bits per heavy atom. The number of ether oxygens (including phenoxy) is 2. The van der Waals surface area contributed by atoms with Crippen LogP contribution >= 0.6 is 0 Å². The maximum absolute atomic E-state index is 13.0. The minimum Gasteiger partial charge on any atom is -0.494 e. The molecule has 3 aromatic carbocycles. The molecule has 4 rings (SSSR count). The number of hydrogen-bond donors (Lipinski definition) is 3. The van der Waals surface area contributed by atoms with Crippen molar-refractivity contribution in [2.45, 2.75) is 27.7 Å². The molecule has 0 aliphatic heterocycles. The normalized spacial score (nSPS) is 10.5. The monoisotopic (exact) mass is 497 g/mol. The Morgan fingerprint density at radius 3 is 1.81 bits per heavy atom. The van der Waals surface area contributed by atoms with Gasteiger partial charge in [0.05, 0.1) is 18.9 Å². The Kier molecular flexibility index (Phi) is 8.20. The number of carbonyl (C=O) groups excluding carboxylic acids is 1. The molecule has 4 aromatic rings. The van der Waals surface area contributed by atoms with Gasteiger partial charge in [0, 0.05) is 16.9 Å². The molecular formula is C29H31N5O3. The van der Waals surface area contributed by atoms with Gasteiger partial charge >= 0.3 is 0 Å². The summed E-state index contributed by atoms with van der Waals surface area (Å²) in [5, 5.41) is 9.54. The van der Waals surface area contributed by atoms with E-state index in [2.05, 4.69) is 20.9 Å². The molecule has 0 unspecified atom stereocenters. The Bertz CT molecular complexity index is 1340. The molecular weight excluding hydrogens is 466 g/mol. The second-order valence-corrected chi connectivity index (χ2v) is 8.34. The first-order valence-electron chi connectivity index (χ1n) is 12.2. The zero-order valence-corrected chi connectivity index (χ0v) is 21.5. The summed E-state index contributed by atoms with van der Waals surface area (Å²) in [5.41, 5.74) is 4.34. The third-order valence-electron chi connectivity index (χ3n) is 5.49.